The van der Waals surface area contributed by atoms with Gasteiger partial charge >= 0.3 is 0 Å². The molecule has 1 aliphatic rings. The molecule has 1 aliphatic heterocycles. The minimum Gasteiger partial charge on any atom is -0.473 e. The zero-order valence-electron chi connectivity index (χ0n) is 14.8. The Bertz CT molecular complexity index is 853. The maximum absolute atomic E-state index is 5.88. The lowest BCUT2D eigenvalue weighted by Gasteiger charge is -2.31. The van der Waals surface area contributed by atoms with Gasteiger partial charge in [-0.15, -0.1) is 0 Å². The molecule has 3 aromatic carbocycles. The van der Waals surface area contributed by atoms with Crippen LogP contribution >= 0.6 is 0 Å². The molecule has 0 fully saturated rings. The smallest absolute Gasteiger partial charge is 0.161 e. The van der Waals surface area contributed by atoms with E-state index in [4.69, 9.17) is 4.74 Å². The van der Waals surface area contributed by atoms with E-state index in [1.165, 1.54) is 22.4 Å². The van der Waals surface area contributed by atoms with Gasteiger partial charge in [0, 0.05) is 23.2 Å². The molecule has 1 heterocycles. The largest absolute Gasteiger partial charge is 0.473 e. The number of nitrogens with zero attached hydrogens (tertiary/aromatic N) is 1. The van der Waals surface area contributed by atoms with Crippen molar-refractivity contribution in [2.24, 2.45) is 0 Å². The van der Waals surface area contributed by atoms with Crippen molar-refractivity contribution in [3.05, 3.63) is 95.6 Å². The summed E-state index contributed by atoms with van der Waals surface area (Å²) in [7, 11) is 0. The molecule has 0 amide bonds. The summed E-state index contributed by atoms with van der Waals surface area (Å²) in [6.45, 7) is 6.03. The number of ether oxygens (including phenoxy) is 1. The van der Waals surface area contributed by atoms with Crippen LogP contribution in [-0.2, 0) is 12.0 Å². The van der Waals surface area contributed by atoms with Crippen molar-refractivity contribution in [3.8, 4) is 5.75 Å². The molecule has 25 heavy (non-hydrogen) atoms. The Hall–Kier alpha value is -2.74. The second kappa shape index (κ2) is 6.29. The first-order valence-corrected chi connectivity index (χ1v) is 8.76. The van der Waals surface area contributed by atoms with Gasteiger partial charge in [0.25, 0.3) is 0 Å². The van der Waals surface area contributed by atoms with Gasteiger partial charge in [0.2, 0.25) is 0 Å². The standard InChI is InChI=1S/C23H23NO/c1-23(2,19-9-4-3-5-10-19)20-12-14-21(15-13-20)24-16-18-8-6-7-11-22(18)25-17-24/h3-15H,16-17H2,1-2H3. The minimum absolute atomic E-state index is 0.00914. The molecule has 4 rings (SSSR count). The Morgan fingerprint density at radius 3 is 2.16 bits per heavy atom. The highest BCUT2D eigenvalue weighted by molar-refractivity contribution is 5.52. The third-order valence-electron chi connectivity index (χ3n) is 5.16. The molecule has 2 heteroatoms. The fourth-order valence-corrected chi connectivity index (χ4v) is 3.45. The van der Waals surface area contributed by atoms with E-state index in [9.17, 15) is 0 Å². The Kier molecular flexibility index (Phi) is 3.96. The van der Waals surface area contributed by atoms with Crippen LogP contribution < -0.4 is 9.64 Å². The van der Waals surface area contributed by atoms with E-state index in [-0.39, 0.29) is 5.41 Å². The molecule has 0 aromatic heterocycles. The van der Waals surface area contributed by atoms with Crippen LogP contribution in [0.25, 0.3) is 0 Å². The van der Waals surface area contributed by atoms with E-state index in [1.807, 2.05) is 12.1 Å². The summed E-state index contributed by atoms with van der Waals surface area (Å²) in [6.07, 6.45) is 0. The molecule has 0 radical (unpaired) electrons. The lowest BCUT2D eigenvalue weighted by Crippen LogP contribution is -2.31. The number of hydrogen-bond donors (Lipinski definition) is 0. The average molecular weight is 329 g/mol. The molecule has 0 atom stereocenters. The van der Waals surface area contributed by atoms with Crippen LogP contribution in [0.15, 0.2) is 78.9 Å². The van der Waals surface area contributed by atoms with E-state index in [1.54, 1.807) is 0 Å². The molecule has 126 valence electrons. The number of anilines is 1. The van der Waals surface area contributed by atoms with Crippen LogP contribution in [0, 0.1) is 0 Å². The highest BCUT2D eigenvalue weighted by Gasteiger charge is 2.23. The Morgan fingerprint density at radius 1 is 0.760 bits per heavy atom. The van der Waals surface area contributed by atoms with Crippen LogP contribution in [0.2, 0.25) is 0 Å². The first-order chi connectivity index (χ1) is 12.1. The highest BCUT2D eigenvalue weighted by Crippen LogP contribution is 2.33. The third-order valence-corrected chi connectivity index (χ3v) is 5.16. The number of rotatable bonds is 3. The van der Waals surface area contributed by atoms with Crippen molar-refractivity contribution in [1.82, 2.24) is 0 Å². The zero-order valence-corrected chi connectivity index (χ0v) is 14.8. The zero-order chi connectivity index (χ0) is 17.3. The summed E-state index contributed by atoms with van der Waals surface area (Å²) in [4.78, 5) is 2.27. The lowest BCUT2D eigenvalue weighted by atomic mass is 9.78. The van der Waals surface area contributed by atoms with E-state index in [2.05, 4.69) is 85.5 Å². The van der Waals surface area contributed by atoms with Gasteiger partial charge in [-0.1, -0.05) is 74.5 Å². The molecule has 0 unspecified atom stereocenters. The van der Waals surface area contributed by atoms with Crippen LogP contribution in [-0.4, -0.2) is 6.73 Å². The maximum Gasteiger partial charge on any atom is 0.161 e. The van der Waals surface area contributed by atoms with Gasteiger partial charge in [0.05, 0.1) is 0 Å². The fourth-order valence-electron chi connectivity index (χ4n) is 3.45. The SMILES string of the molecule is CC(C)(c1ccccc1)c1ccc(N2COc3ccccc3C2)cc1. The Morgan fingerprint density at radius 2 is 1.40 bits per heavy atom. The summed E-state index contributed by atoms with van der Waals surface area (Å²) in [5.74, 6) is 1.00. The normalized spacial score (nSPS) is 13.9. The molecule has 3 aromatic rings. The van der Waals surface area contributed by atoms with Gasteiger partial charge in [0.1, 0.15) is 5.75 Å². The quantitative estimate of drug-likeness (QED) is 0.640. The first kappa shape index (κ1) is 15.8. The lowest BCUT2D eigenvalue weighted by molar-refractivity contribution is 0.289. The molecule has 0 saturated heterocycles. The first-order valence-electron chi connectivity index (χ1n) is 8.76. The van der Waals surface area contributed by atoms with E-state index < -0.39 is 0 Å². The Labute approximate surface area is 149 Å². The predicted octanol–water partition coefficient (Wildman–Crippen LogP) is 5.37. The van der Waals surface area contributed by atoms with Crippen LogP contribution in [0.4, 0.5) is 5.69 Å². The second-order valence-electron chi connectivity index (χ2n) is 7.12. The molecular weight excluding hydrogens is 306 g/mol. The van der Waals surface area contributed by atoms with Crippen molar-refractivity contribution in [2.75, 3.05) is 11.6 Å². The third kappa shape index (κ3) is 3.00. The van der Waals surface area contributed by atoms with Gasteiger partial charge < -0.3 is 9.64 Å². The van der Waals surface area contributed by atoms with Crippen LogP contribution in [0.3, 0.4) is 0 Å². The number of hydrogen-bond acceptors (Lipinski definition) is 2. The molecule has 2 nitrogen and oxygen atoms in total. The maximum atomic E-state index is 5.88. The Balaban J connectivity index is 1.57. The molecule has 0 saturated carbocycles. The second-order valence-corrected chi connectivity index (χ2v) is 7.12. The van der Waals surface area contributed by atoms with Crippen molar-refractivity contribution >= 4 is 5.69 Å². The minimum atomic E-state index is -0.00914. The average Bonchev–Trinajstić information content (AvgIpc) is 2.68. The van der Waals surface area contributed by atoms with Gasteiger partial charge in [-0.3, -0.25) is 0 Å². The highest BCUT2D eigenvalue weighted by atomic mass is 16.5. The van der Waals surface area contributed by atoms with Crippen LogP contribution in [0.5, 0.6) is 5.75 Å². The van der Waals surface area contributed by atoms with Crippen molar-refractivity contribution in [1.29, 1.82) is 0 Å². The molecule has 0 spiro atoms. The molecule has 0 N–H and O–H groups in total. The van der Waals surface area contributed by atoms with Gasteiger partial charge in [-0.2, -0.15) is 0 Å². The predicted molar refractivity (Wildman–Crippen MR) is 103 cm³/mol. The van der Waals surface area contributed by atoms with Crippen LogP contribution in [0.1, 0.15) is 30.5 Å². The summed E-state index contributed by atoms with van der Waals surface area (Å²) in [5, 5.41) is 0. The fraction of sp³-hybridized carbons (Fsp3) is 0.217. The molecular formula is C23H23NO. The van der Waals surface area contributed by atoms with Crippen molar-refractivity contribution in [2.45, 2.75) is 25.8 Å². The van der Waals surface area contributed by atoms with E-state index in [0.717, 1.165) is 12.3 Å². The summed E-state index contributed by atoms with van der Waals surface area (Å²) in [5.41, 5.74) is 5.08. The van der Waals surface area contributed by atoms with Gasteiger partial charge in [-0.05, 0) is 29.3 Å². The van der Waals surface area contributed by atoms with Gasteiger partial charge in [0.15, 0.2) is 6.73 Å². The number of para-hydroxylation sites is 1. The van der Waals surface area contributed by atoms with Crippen molar-refractivity contribution < 1.29 is 4.74 Å². The van der Waals surface area contributed by atoms with Gasteiger partial charge in [-0.25, -0.2) is 0 Å². The number of fused-ring (bicyclic) bond motifs is 1. The van der Waals surface area contributed by atoms with E-state index >= 15 is 0 Å². The summed E-state index contributed by atoms with van der Waals surface area (Å²) < 4.78 is 5.88. The van der Waals surface area contributed by atoms with E-state index in [0.29, 0.717) is 6.73 Å². The van der Waals surface area contributed by atoms with Crippen molar-refractivity contribution in [3.63, 3.8) is 0 Å². The monoisotopic (exact) mass is 329 g/mol. The summed E-state index contributed by atoms with van der Waals surface area (Å²) in [6, 6.07) is 27.8. The number of benzene rings is 3. The topological polar surface area (TPSA) is 12.5 Å². The summed E-state index contributed by atoms with van der Waals surface area (Å²) >= 11 is 0. The molecule has 0 bridgehead atoms. The molecule has 0 aliphatic carbocycles.